The third-order valence-corrected chi connectivity index (χ3v) is 2.91. The van der Waals surface area contributed by atoms with Gasteiger partial charge in [0.15, 0.2) is 0 Å². The number of aromatic hydroxyl groups is 1. The van der Waals surface area contributed by atoms with Gasteiger partial charge >= 0.3 is 0 Å². The number of hydrogen-bond donors (Lipinski definition) is 1. The topological polar surface area (TPSA) is 40.5 Å². The normalized spacial score (nSPS) is 10.1. The molecule has 0 fully saturated rings. The van der Waals surface area contributed by atoms with E-state index < -0.39 is 0 Å². The minimum Gasteiger partial charge on any atom is -0.508 e. The van der Waals surface area contributed by atoms with Gasteiger partial charge in [-0.15, -0.1) is 0 Å². The Morgan fingerprint density at radius 1 is 1.06 bits per heavy atom. The molecule has 1 amide bonds. The van der Waals surface area contributed by atoms with Gasteiger partial charge in [0.1, 0.15) is 5.75 Å². The third kappa shape index (κ3) is 2.51. The van der Waals surface area contributed by atoms with E-state index >= 15 is 0 Å². The van der Waals surface area contributed by atoms with Gasteiger partial charge < -0.3 is 10.0 Å². The van der Waals surface area contributed by atoms with Crippen molar-refractivity contribution in [1.29, 1.82) is 0 Å². The molecule has 2 aromatic rings. The number of phenols is 1. The zero-order valence-electron chi connectivity index (χ0n) is 10.4. The van der Waals surface area contributed by atoms with E-state index in [0.717, 1.165) is 16.8 Å². The maximum Gasteiger partial charge on any atom is 0.223 e. The summed E-state index contributed by atoms with van der Waals surface area (Å²) in [6.45, 7) is 1.53. The maximum atomic E-state index is 11.2. The number of anilines is 1. The van der Waals surface area contributed by atoms with E-state index in [1.54, 1.807) is 30.1 Å². The molecule has 0 atom stereocenters. The van der Waals surface area contributed by atoms with Crippen LogP contribution in [0, 0.1) is 0 Å². The van der Waals surface area contributed by atoms with Gasteiger partial charge in [0.25, 0.3) is 0 Å². The highest BCUT2D eigenvalue weighted by atomic mass is 16.3. The average molecular weight is 241 g/mol. The lowest BCUT2D eigenvalue weighted by molar-refractivity contribution is -0.116. The van der Waals surface area contributed by atoms with E-state index in [9.17, 15) is 9.90 Å². The highest BCUT2D eigenvalue weighted by Gasteiger charge is 2.05. The van der Waals surface area contributed by atoms with Gasteiger partial charge in [-0.25, -0.2) is 0 Å². The highest BCUT2D eigenvalue weighted by molar-refractivity contribution is 5.91. The van der Waals surface area contributed by atoms with Crippen LogP contribution < -0.4 is 4.90 Å². The molecule has 92 valence electrons. The van der Waals surface area contributed by atoms with Crippen LogP contribution in [0.5, 0.6) is 5.75 Å². The molecule has 2 aromatic carbocycles. The molecule has 0 aromatic heterocycles. The first-order valence-electron chi connectivity index (χ1n) is 5.71. The summed E-state index contributed by atoms with van der Waals surface area (Å²) in [5.74, 6) is 0.248. The van der Waals surface area contributed by atoms with E-state index in [1.165, 1.54) is 6.92 Å². The standard InChI is InChI=1S/C15H15NO2/c1-11(17)16(2)14-8-6-12(7-9-14)13-4-3-5-15(18)10-13/h3-10,18H,1-2H3. The van der Waals surface area contributed by atoms with Crippen LogP contribution in [0.3, 0.4) is 0 Å². The van der Waals surface area contributed by atoms with Crippen LogP contribution in [-0.2, 0) is 4.79 Å². The second-order valence-corrected chi connectivity index (χ2v) is 4.18. The van der Waals surface area contributed by atoms with Crippen molar-refractivity contribution in [3.8, 4) is 16.9 Å². The molecule has 0 aliphatic rings. The van der Waals surface area contributed by atoms with Crippen molar-refractivity contribution in [3.63, 3.8) is 0 Å². The predicted molar refractivity (Wildman–Crippen MR) is 72.6 cm³/mol. The maximum absolute atomic E-state index is 11.2. The Labute approximate surface area is 106 Å². The van der Waals surface area contributed by atoms with E-state index in [-0.39, 0.29) is 11.7 Å². The smallest absolute Gasteiger partial charge is 0.223 e. The molecule has 0 heterocycles. The number of rotatable bonds is 2. The fourth-order valence-corrected chi connectivity index (χ4v) is 1.74. The summed E-state index contributed by atoms with van der Waals surface area (Å²) in [5.41, 5.74) is 2.81. The van der Waals surface area contributed by atoms with Crippen molar-refractivity contribution >= 4 is 11.6 Å². The zero-order valence-corrected chi connectivity index (χ0v) is 10.4. The lowest BCUT2D eigenvalue weighted by atomic mass is 10.1. The predicted octanol–water partition coefficient (Wildman–Crippen LogP) is 3.04. The van der Waals surface area contributed by atoms with Crippen molar-refractivity contribution < 1.29 is 9.90 Å². The van der Waals surface area contributed by atoms with E-state index in [0.29, 0.717) is 0 Å². The molecule has 0 saturated carbocycles. The van der Waals surface area contributed by atoms with Gasteiger partial charge in [0.05, 0.1) is 0 Å². The lowest BCUT2D eigenvalue weighted by Crippen LogP contribution is -2.22. The van der Waals surface area contributed by atoms with Gasteiger partial charge in [-0.2, -0.15) is 0 Å². The molecule has 0 saturated heterocycles. The van der Waals surface area contributed by atoms with Crippen LogP contribution in [0.15, 0.2) is 48.5 Å². The van der Waals surface area contributed by atoms with Crippen LogP contribution >= 0.6 is 0 Å². The first-order valence-corrected chi connectivity index (χ1v) is 5.71. The van der Waals surface area contributed by atoms with Gasteiger partial charge in [0, 0.05) is 19.7 Å². The molecule has 18 heavy (non-hydrogen) atoms. The van der Waals surface area contributed by atoms with Gasteiger partial charge in [-0.05, 0) is 35.4 Å². The summed E-state index contributed by atoms with van der Waals surface area (Å²) in [5, 5.41) is 9.44. The van der Waals surface area contributed by atoms with Crippen molar-refractivity contribution in [2.75, 3.05) is 11.9 Å². The molecular weight excluding hydrogens is 226 g/mol. The number of nitrogens with zero attached hydrogens (tertiary/aromatic N) is 1. The number of benzene rings is 2. The van der Waals surface area contributed by atoms with Crippen molar-refractivity contribution in [3.05, 3.63) is 48.5 Å². The van der Waals surface area contributed by atoms with Crippen molar-refractivity contribution in [2.45, 2.75) is 6.92 Å². The van der Waals surface area contributed by atoms with Crippen LogP contribution in [0.4, 0.5) is 5.69 Å². The fourth-order valence-electron chi connectivity index (χ4n) is 1.74. The Morgan fingerprint density at radius 3 is 2.28 bits per heavy atom. The monoisotopic (exact) mass is 241 g/mol. The van der Waals surface area contributed by atoms with Gasteiger partial charge in [-0.1, -0.05) is 24.3 Å². The van der Waals surface area contributed by atoms with Crippen LogP contribution in [0.1, 0.15) is 6.92 Å². The Kier molecular flexibility index (Phi) is 3.33. The molecule has 0 unspecified atom stereocenters. The Hall–Kier alpha value is -2.29. The van der Waals surface area contributed by atoms with E-state index in [2.05, 4.69) is 0 Å². The Bertz CT molecular complexity index is 561. The molecule has 0 aliphatic heterocycles. The molecule has 2 rings (SSSR count). The molecule has 0 aliphatic carbocycles. The van der Waals surface area contributed by atoms with E-state index in [1.807, 2.05) is 30.3 Å². The van der Waals surface area contributed by atoms with Crippen molar-refractivity contribution in [2.24, 2.45) is 0 Å². The van der Waals surface area contributed by atoms with E-state index in [4.69, 9.17) is 0 Å². The SMILES string of the molecule is CC(=O)N(C)c1ccc(-c2cccc(O)c2)cc1. The summed E-state index contributed by atoms with van der Waals surface area (Å²) in [7, 11) is 1.74. The number of phenolic OH excluding ortho intramolecular Hbond substituents is 1. The number of carbonyl (C=O) groups is 1. The Morgan fingerprint density at radius 2 is 1.72 bits per heavy atom. The molecule has 1 N–H and O–H groups in total. The second kappa shape index (κ2) is 4.92. The summed E-state index contributed by atoms with van der Waals surface area (Å²) < 4.78 is 0. The molecule has 3 nitrogen and oxygen atoms in total. The van der Waals surface area contributed by atoms with Crippen LogP contribution in [0.2, 0.25) is 0 Å². The largest absolute Gasteiger partial charge is 0.508 e. The highest BCUT2D eigenvalue weighted by Crippen LogP contribution is 2.25. The minimum absolute atomic E-state index is 0.0000977. The number of hydrogen-bond acceptors (Lipinski definition) is 2. The lowest BCUT2D eigenvalue weighted by Gasteiger charge is -2.15. The Balaban J connectivity index is 2.30. The van der Waals surface area contributed by atoms with Gasteiger partial charge in [-0.3, -0.25) is 4.79 Å². The fraction of sp³-hybridized carbons (Fsp3) is 0.133. The summed E-state index contributed by atoms with van der Waals surface area (Å²) in [6.07, 6.45) is 0. The first-order chi connectivity index (χ1) is 8.58. The quantitative estimate of drug-likeness (QED) is 0.877. The van der Waals surface area contributed by atoms with Crippen molar-refractivity contribution in [1.82, 2.24) is 0 Å². The minimum atomic E-state index is 0.0000977. The summed E-state index contributed by atoms with van der Waals surface area (Å²) in [6, 6.07) is 14.7. The van der Waals surface area contributed by atoms with Crippen LogP contribution in [-0.4, -0.2) is 18.1 Å². The summed E-state index contributed by atoms with van der Waals surface area (Å²) >= 11 is 0. The third-order valence-electron chi connectivity index (χ3n) is 2.91. The van der Waals surface area contributed by atoms with Crippen LogP contribution in [0.25, 0.3) is 11.1 Å². The number of carbonyl (C=O) groups excluding carboxylic acids is 1. The zero-order chi connectivity index (χ0) is 13.1. The second-order valence-electron chi connectivity index (χ2n) is 4.18. The molecule has 3 heteroatoms. The average Bonchev–Trinajstić information content (AvgIpc) is 2.38. The number of amides is 1. The summed E-state index contributed by atoms with van der Waals surface area (Å²) in [4.78, 5) is 12.8. The van der Waals surface area contributed by atoms with Gasteiger partial charge in [0.2, 0.25) is 5.91 Å². The molecule has 0 radical (unpaired) electrons. The first kappa shape index (κ1) is 12.2. The molecule has 0 bridgehead atoms. The molecule has 0 spiro atoms. The molecular formula is C15H15NO2.